The SMILES string of the molecule is CCC[C@H](C)Oc1nc(N)c2ncc(CN3CCC(C4CCNCC4)CC3)n2n1. The molecular weight excluding hydrogens is 366 g/mol. The zero-order valence-electron chi connectivity index (χ0n) is 17.8. The van der Waals surface area contributed by atoms with Crippen LogP contribution in [0, 0.1) is 11.8 Å². The Hall–Kier alpha value is -1.93. The molecule has 0 radical (unpaired) electrons. The van der Waals surface area contributed by atoms with Crippen LogP contribution in [0.3, 0.4) is 0 Å². The van der Waals surface area contributed by atoms with Gasteiger partial charge in [-0.3, -0.25) is 4.90 Å². The number of hydrogen-bond donors (Lipinski definition) is 2. The number of nitrogens with two attached hydrogens (primary N) is 1. The standard InChI is InChI=1S/C21H35N7O/c1-3-4-15(2)29-21-25-19(22)20-24-13-18(28(20)26-21)14-27-11-7-17(8-12-27)16-5-9-23-10-6-16/h13,15-17,23H,3-12,14H2,1-2H3,(H2,22,25,26)/t15-/m0/s1. The van der Waals surface area contributed by atoms with Crippen LogP contribution in [-0.4, -0.2) is 56.8 Å². The predicted molar refractivity (Wildman–Crippen MR) is 114 cm³/mol. The number of rotatable bonds is 7. The number of nitrogens with zero attached hydrogens (tertiary/aromatic N) is 5. The molecule has 2 aliphatic heterocycles. The highest BCUT2D eigenvalue weighted by Crippen LogP contribution is 2.31. The van der Waals surface area contributed by atoms with Crippen LogP contribution >= 0.6 is 0 Å². The van der Waals surface area contributed by atoms with Crippen LogP contribution in [0.2, 0.25) is 0 Å². The van der Waals surface area contributed by atoms with Gasteiger partial charge in [-0.1, -0.05) is 13.3 Å². The zero-order valence-corrected chi connectivity index (χ0v) is 17.8. The molecule has 0 unspecified atom stereocenters. The van der Waals surface area contributed by atoms with Crippen LogP contribution in [0.15, 0.2) is 6.20 Å². The minimum atomic E-state index is 0.0674. The maximum absolute atomic E-state index is 6.12. The number of ether oxygens (including phenoxy) is 1. The molecular formula is C21H35N7O. The number of nitrogens with one attached hydrogen (secondary N) is 1. The van der Waals surface area contributed by atoms with Crippen molar-refractivity contribution in [3.63, 3.8) is 0 Å². The van der Waals surface area contributed by atoms with Crippen LogP contribution in [0.4, 0.5) is 5.82 Å². The molecule has 3 N–H and O–H groups in total. The van der Waals surface area contributed by atoms with E-state index < -0.39 is 0 Å². The molecule has 2 aliphatic rings. The van der Waals surface area contributed by atoms with Crippen molar-refractivity contribution in [2.45, 2.75) is 65.0 Å². The second-order valence-corrected chi connectivity index (χ2v) is 8.68. The summed E-state index contributed by atoms with van der Waals surface area (Å²) in [6.45, 7) is 9.67. The van der Waals surface area contributed by atoms with Crippen molar-refractivity contribution < 1.29 is 4.74 Å². The van der Waals surface area contributed by atoms with Gasteiger partial charge in [-0.15, -0.1) is 5.10 Å². The molecule has 2 aromatic rings. The Morgan fingerprint density at radius 3 is 2.66 bits per heavy atom. The fourth-order valence-electron chi connectivity index (χ4n) is 4.86. The molecule has 2 saturated heterocycles. The van der Waals surface area contributed by atoms with E-state index in [2.05, 4.69) is 32.2 Å². The second kappa shape index (κ2) is 9.26. The monoisotopic (exact) mass is 401 g/mol. The minimum Gasteiger partial charge on any atom is -0.459 e. The quantitative estimate of drug-likeness (QED) is 0.736. The first-order valence-corrected chi connectivity index (χ1v) is 11.2. The van der Waals surface area contributed by atoms with Gasteiger partial charge in [-0.25, -0.2) is 9.50 Å². The Morgan fingerprint density at radius 2 is 1.93 bits per heavy atom. The first-order chi connectivity index (χ1) is 14.1. The zero-order chi connectivity index (χ0) is 20.2. The lowest BCUT2D eigenvalue weighted by molar-refractivity contribution is 0.124. The van der Waals surface area contributed by atoms with Gasteiger partial charge in [0.15, 0.2) is 11.5 Å². The first-order valence-electron chi connectivity index (χ1n) is 11.2. The van der Waals surface area contributed by atoms with E-state index >= 15 is 0 Å². The fourth-order valence-corrected chi connectivity index (χ4v) is 4.86. The third-order valence-electron chi connectivity index (χ3n) is 6.51. The Bertz CT molecular complexity index is 794. The van der Waals surface area contributed by atoms with Crippen molar-refractivity contribution in [1.82, 2.24) is 29.8 Å². The molecule has 0 aromatic carbocycles. The smallest absolute Gasteiger partial charge is 0.336 e. The van der Waals surface area contributed by atoms with Crippen molar-refractivity contribution >= 4 is 11.5 Å². The van der Waals surface area contributed by atoms with Gasteiger partial charge in [0.05, 0.1) is 18.0 Å². The normalized spacial score (nSPS) is 20.9. The van der Waals surface area contributed by atoms with E-state index in [9.17, 15) is 0 Å². The Labute approximate surface area is 173 Å². The number of nitrogen functional groups attached to an aromatic ring is 1. The van der Waals surface area contributed by atoms with Gasteiger partial charge in [0.1, 0.15) is 0 Å². The molecule has 1 atom stereocenters. The van der Waals surface area contributed by atoms with Gasteiger partial charge in [-0.2, -0.15) is 4.98 Å². The third kappa shape index (κ3) is 4.80. The average molecular weight is 402 g/mol. The highest BCUT2D eigenvalue weighted by atomic mass is 16.5. The van der Waals surface area contributed by atoms with Crippen molar-refractivity contribution in [3.8, 4) is 6.01 Å². The molecule has 160 valence electrons. The molecule has 0 spiro atoms. The number of imidazole rings is 1. The molecule has 4 heterocycles. The first kappa shape index (κ1) is 20.3. The summed E-state index contributed by atoms with van der Waals surface area (Å²) >= 11 is 0. The van der Waals surface area contributed by atoms with Gasteiger partial charge >= 0.3 is 6.01 Å². The molecule has 0 bridgehead atoms. The van der Waals surface area contributed by atoms with E-state index in [0.29, 0.717) is 17.5 Å². The number of anilines is 1. The van der Waals surface area contributed by atoms with Crippen LogP contribution in [0.1, 0.15) is 58.1 Å². The molecule has 0 saturated carbocycles. The molecule has 8 heteroatoms. The maximum atomic E-state index is 6.12. The summed E-state index contributed by atoms with van der Waals surface area (Å²) in [6, 6.07) is 0.333. The van der Waals surface area contributed by atoms with Crippen LogP contribution in [-0.2, 0) is 6.54 Å². The predicted octanol–water partition coefficient (Wildman–Crippen LogP) is 2.49. The summed E-state index contributed by atoms with van der Waals surface area (Å²) in [7, 11) is 0. The lowest BCUT2D eigenvalue weighted by Gasteiger charge is -2.37. The van der Waals surface area contributed by atoms with E-state index in [1.165, 1.54) is 38.8 Å². The topological polar surface area (TPSA) is 93.6 Å². The highest BCUT2D eigenvalue weighted by molar-refractivity contribution is 5.59. The Balaban J connectivity index is 1.41. The van der Waals surface area contributed by atoms with Gasteiger partial charge in [0, 0.05) is 6.54 Å². The average Bonchev–Trinajstić information content (AvgIpc) is 3.12. The summed E-state index contributed by atoms with van der Waals surface area (Å²) in [4.78, 5) is 11.3. The molecule has 2 fully saturated rings. The summed E-state index contributed by atoms with van der Waals surface area (Å²) in [5.41, 5.74) is 7.78. The number of hydrogen-bond acceptors (Lipinski definition) is 7. The largest absolute Gasteiger partial charge is 0.459 e. The van der Waals surface area contributed by atoms with E-state index in [-0.39, 0.29) is 6.10 Å². The second-order valence-electron chi connectivity index (χ2n) is 8.68. The molecule has 4 rings (SSSR count). The van der Waals surface area contributed by atoms with Gasteiger partial charge in [-0.05, 0) is 77.0 Å². The van der Waals surface area contributed by atoms with Gasteiger partial charge < -0.3 is 15.8 Å². The Kier molecular flexibility index (Phi) is 6.50. The third-order valence-corrected chi connectivity index (χ3v) is 6.51. The van der Waals surface area contributed by atoms with Crippen LogP contribution in [0.5, 0.6) is 6.01 Å². The summed E-state index contributed by atoms with van der Waals surface area (Å²) in [5.74, 6) is 2.16. The van der Waals surface area contributed by atoms with E-state index in [4.69, 9.17) is 10.5 Å². The number of piperidine rings is 2. The lowest BCUT2D eigenvalue weighted by Crippen LogP contribution is -2.39. The molecule has 29 heavy (non-hydrogen) atoms. The number of likely N-dealkylation sites (tertiary alicyclic amines) is 1. The molecule has 8 nitrogen and oxygen atoms in total. The van der Waals surface area contributed by atoms with Gasteiger partial charge in [0.25, 0.3) is 0 Å². The maximum Gasteiger partial charge on any atom is 0.336 e. The van der Waals surface area contributed by atoms with Crippen molar-refractivity contribution in [2.75, 3.05) is 31.9 Å². The highest BCUT2D eigenvalue weighted by Gasteiger charge is 2.28. The van der Waals surface area contributed by atoms with E-state index in [1.807, 2.05) is 17.6 Å². The van der Waals surface area contributed by atoms with Crippen molar-refractivity contribution in [2.24, 2.45) is 11.8 Å². The molecule has 0 aliphatic carbocycles. The van der Waals surface area contributed by atoms with Crippen LogP contribution < -0.4 is 15.8 Å². The van der Waals surface area contributed by atoms with E-state index in [0.717, 1.165) is 50.0 Å². The Morgan fingerprint density at radius 1 is 1.21 bits per heavy atom. The number of aromatic nitrogens is 4. The van der Waals surface area contributed by atoms with Crippen LogP contribution in [0.25, 0.3) is 5.65 Å². The lowest BCUT2D eigenvalue weighted by atomic mass is 9.79. The van der Waals surface area contributed by atoms with Crippen molar-refractivity contribution in [1.29, 1.82) is 0 Å². The van der Waals surface area contributed by atoms with Gasteiger partial charge in [0.2, 0.25) is 0 Å². The molecule has 0 amide bonds. The summed E-state index contributed by atoms with van der Waals surface area (Å²) in [6.07, 6.45) is 9.23. The van der Waals surface area contributed by atoms with E-state index in [1.54, 1.807) is 0 Å². The fraction of sp³-hybridized carbons (Fsp3) is 0.762. The summed E-state index contributed by atoms with van der Waals surface area (Å²) in [5, 5.41) is 8.06. The summed E-state index contributed by atoms with van der Waals surface area (Å²) < 4.78 is 7.68. The number of fused-ring (bicyclic) bond motifs is 1. The molecule has 2 aromatic heterocycles. The minimum absolute atomic E-state index is 0.0674. The van der Waals surface area contributed by atoms with Crippen molar-refractivity contribution in [3.05, 3.63) is 11.9 Å².